The van der Waals surface area contributed by atoms with Crippen molar-refractivity contribution in [1.29, 1.82) is 0 Å². The van der Waals surface area contributed by atoms with Gasteiger partial charge in [0.15, 0.2) is 0 Å². The molecule has 3 aromatic carbocycles. The lowest BCUT2D eigenvalue weighted by Crippen LogP contribution is -2.50. The number of carboxylic acids is 1. The molecule has 35 heavy (non-hydrogen) atoms. The molecular formula is C28H24N2O5. The van der Waals surface area contributed by atoms with Crippen molar-refractivity contribution in [3.63, 3.8) is 0 Å². The van der Waals surface area contributed by atoms with Crippen molar-refractivity contribution in [3.05, 3.63) is 90.0 Å². The zero-order valence-electron chi connectivity index (χ0n) is 18.9. The third kappa shape index (κ3) is 5.17. The summed E-state index contributed by atoms with van der Waals surface area (Å²) in [5, 5.41) is 11.8. The Labute approximate surface area is 203 Å². The van der Waals surface area contributed by atoms with Crippen LogP contribution in [0.15, 0.2) is 78.9 Å². The van der Waals surface area contributed by atoms with E-state index in [1.165, 1.54) is 0 Å². The average molecular weight is 469 g/mol. The van der Waals surface area contributed by atoms with Gasteiger partial charge in [-0.1, -0.05) is 66.7 Å². The van der Waals surface area contributed by atoms with E-state index in [1.807, 2.05) is 48.5 Å². The zero-order chi connectivity index (χ0) is 24.8. The van der Waals surface area contributed by atoms with Crippen LogP contribution in [-0.4, -0.2) is 42.3 Å². The highest BCUT2D eigenvalue weighted by Gasteiger charge is 2.31. The second kappa shape index (κ2) is 10.6. The topological polar surface area (TPSA) is 95.9 Å². The third-order valence-electron chi connectivity index (χ3n) is 5.88. The van der Waals surface area contributed by atoms with E-state index < -0.39 is 30.6 Å². The van der Waals surface area contributed by atoms with Crippen LogP contribution in [0.3, 0.4) is 0 Å². The van der Waals surface area contributed by atoms with Gasteiger partial charge in [0.1, 0.15) is 19.2 Å². The van der Waals surface area contributed by atoms with E-state index in [1.54, 1.807) is 30.3 Å². The molecule has 1 atom stereocenters. The first-order valence-corrected chi connectivity index (χ1v) is 11.1. The number of fused-ring (bicyclic) bond motifs is 3. The van der Waals surface area contributed by atoms with Crippen molar-refractivity contribution >= 4 is 23.7 Å². The first kappa shape index (κ1) is 23.6. The average Bonchev–Trinajstić information content (AvgIpc) is 3.19. The van der Waals surface area contributed by atoms with E-state index in [4.69, 9.17) is 11.2 Å². The summed E-state index contributed by atoms with van der Waals surface area (Å²) in [6, 6.07) is 23.1. The fraction of sp³-hybridized carbons (Fsp3) is 0.179. The molecule has 0 saturated heterocycles. The predicted octanol–water partition coefficient (Wildman–Crippen LogP) is 4.03. The number of hydrogen-bond acceptors (Lipinski definition) is 4. The van der Waals surface area contributed by atoms with E-state index in [2.05, 4.69) is 11.2 Å². The monoisotopic (exact) mass is 468 g/mol. The Morgan fingerprint density at radius 3 is 2.09 bits per heavy atom. The molecule has 0 aliphatic heterocycles. The quantitative estimate of drug-likeness (QED) is 0.487. The van der Waals surface area contributed by atoms with Gasteiger partial charge in [0, 0.05) is 18.0 Å². The summed E-state index contributed by atoms with van der Waals surface area (Å²) >= 11 is 0. The Balaban J connectivity index is 1.47. The van der Waals surface area contributed by atoms with Crippen molar-refractivity contribution in [1.82, 2.24) is 5.32 Å². The maximum absolute atomic E-state index is 13.2. The van der Waals surface area contributed by atoms with Crippen LogP contribution in [-0.2, 0) is 14.3 Å². The molecule has 176 valence electrons. The molecule has 1 unspecified atom stereocenters. The lowest BCUT2D eigenvalue weighted by Gasteiger charge is -2.26. The summed E-state index contributed by atoms with van der Waals surface area (Å²) in [5.74, 6) is 0.409. The highest BCUT2D eigenvalue weighted by molar-refractivity contribution is 6.01. The molecule has 1 aliphatic rings. The van der Waals surface area contributed by atoms with Gasteiger partial charge < -0.3 is 15.2 Å². The molecule has 2 N–H and O–H groups in total. The summed E-state index contributed by atoms with van der Waals surface area (Å²) < 4.78 is 5.53. The summed E-state index contributed by atoms with van der Waals surface area (Å²) in [4.78, 5) is 38.4. The standard InChI is InChI=1S/C28H24N2O5/c1-2-10-25(27(33)30(17-26(31)32)19-11-4-3-5-12-19)29-28(34)35-18-24-22-15-8-6-13-20(22)21-14-7-9-16-23(21)24/h1,3-9,11-16,24-25H,10,17-18H2,(H,29,34)(H,31,32). The number of ether oxygens (including phenoxy) is 1. The summed E-state index contributed by atoms with van der Waals surface area (Å²) in [7, 11) is 0. The maximum Gasteiger partial charge on any atom is 0.407 e. The highest BCUT2D eigenvalue weighted by atomic mass is 16.5. The van der Waals surface area contributed by atoms with Crippen molar-refractivity contribution in [2.45, 2.75) is 18.4 Å². The first-order chi connectivity index (χ1) is 17.0. The third-order valence-corrected chi connectivity index (χ3v) is 5.88. The number of alkyl carbamates (subject to hydrolysis) is 1. The molecule has 0 saturated carbocycles. The number of nitrogens with zero attached hydrogens (tertiary/aromatic N) is 1. The van der Waals surface area contributed by atoms with Crippen LogP contribution in [0.1, 0.15) is 23.5 Å². The summed E-state index contributed by atoms with van der Waals surface area (Å²) in [6.45, 7) is -0.495. The molecule has 4 rings (SSSR count). The van der Waals surface area contributed by atoms with Crippen molar-refractivity contribution in [2.24, 2.45) is 0 Å². The molecular weight excluding hydrogens is 444 g/mol. The number of benzene rings is 3. The molecule has 2 amide bonds. The van der Waals surface area contributed by atoms with E-state index in [9.17, 15) is 19.5 Å². The predicted molar refractivity (Wildman–Crippen MR) is 132 cm³/mol. The van der Waals surface area contributed by atoms with Gasteiger partial charge in [-0.15, -0.1) is 12.3 Å². The van der Waals surface area contributed by atoms with Crippen molar-refractivity contribution in [3.8, 4) is 23.5 Å². The summed E-state index contributed by atoms with van der Waals surface area (Å²) in [6.07, 6.45) is 4.51. The van der Waals surface area contributed by atoms with Crippen LogP contribution in [0.25, 0.3) is 11.1 Å². The number of anilines is 1. The van der Waals surface area contributed by atoms with Crippen LogP contribution in [0, 0.1) is 12.3 Å². The molecule has 0 radical (unpaired) electrons. The molecule has 0 fully saturated rings. The van der Waals surface area contributed by atoms with Crippen molar-refractivity contribution < 1.29 is 24.2 Å². The zero-order valence-corrected chi connectivity index (χ0v) is 18.9. The number of para-hydroxylation sites is 1. The Morgan fingerprint density at radius 1 is 0.943 bits per heavy atom. The molecule has 0 heterocycles. The van der Waals surface area contributed by atoms with Crippen LogP contribution < -0.4 is 10.2 Å². The number of amides is 2. The van der Waals surface area contributed by atoms with Gasteiger partial charge in [-0.05, 0) is 34.4 Å². The highest BCUT2D eigenvalue weighted by Crippen LogP contribution is 2.44. The number of carboxylic acid groups (broad SMARTS) is 1. The second-order valence-corrected chi connectivity index (χ2v) is 8.08. The van der Waals surface area contributed by atoms with Gasteiger partial charge in [0.25, 0.3) is 5.91 Å². The minimum Gasteiger partial charge on any atom is -0.480 e. The van der Waals surface area contributed by atoms with Crippen LogP contribution in [0.4, 0.5) is 10.5 Å². The van der Waals surface area contributed by atoms with Gasteiger partial charge in [0.2, 0.25) is 0 Å². The normalized spacial score (nSPS) is 12.5. The van der Waals surface area contributed by atoms with Gasteiger partial charge in [-0.25, -0.2) is 4.79 Å². The number of carbonyl (C=O) groups is 3. The van der Waals surface area contributed by atoms with Crippen LogP contribution >= 0.6 is 0 Å². The number of aliphatic carboxylic acids is 1. The smallest absolute Gasteiger partial charge is 0.407 e. The molecule has 0 spiro atoms. The molecule has 0 bridgehead atoms. The van der Waals surface area contributed by atoms with Gasteiger partial charge in [-0.2, -0.15) is 0 Å². The van der Waals surface area contributed by atoms with E-state index in [0.717, 1.165) is 27.2 Å². The van der Waals surface area contributed by atoms with Crippen LogP contribution in [0.5, 0.6) is 0 Å². The number of terminal acetylenes is 1. The van der Waals surface area contributed by atoms with Gasteiger partial charge in [-0.3, -0.25) is 14.5 Å². The number of carbonyl (C=O) groups excluding carboxylic acids is 2. The van der Waals surface area contributed by atoms with E-state index in [0.29, 0.717) is 5.69 Å². The second-order valence-electron chi connectivity index (χ2n) is 8.08. The molecule has 7 heteroatoms. The summed E-state index contributed by atoms with van der Waals surface area (Å²) in [5.41, 5.74) is 4.72. The van der Waals surface area contributed by atoms with Gasteiger partial charge in [0.05, 0.1) is 0 Å². The van der Waals surface area contributed by atoms with E-state index >= 15 is 0 Å². The molecule has 1 aliphatic carbocycles. The molecule has 0 aromatic heterocycles. The largest absolute Gasteiger partial charge is 0.480 e. The van der Waals surface area contributed by atoms with E-state index in [-0.39, 0.29) is 18.9 Å². The maximum atomic E-state index is 13.2. The SMILES string of the molecule is C#CCC(NC(=O)OCC1c2ccccc2-c2ccccc21)C(=O)N(CC(=O)O)c1ccccc1. The Morgan fingerprint density at radius 2 is 1.51 bits per heavy atom. The van der Waals surface area contributed by atoms with Crippen molar-refractivity contribution in [2.75, 3.05) is 18.1 Å². The minimum absolute atomic E-state index is 0.0777. The number of hydrogen-bond donors (Lipinski definition) is 2. The Kier molecular flexibility index (Phi) is 7.12. The van der Waals surface area contributed by atoms with Crippen LogP contribution in [0.2, 0.25) is 0 Å². The minimum atomic E-state index is -1.19. The number of nitrogens with one attached hydrogen (secondary N) is 1. The molecule has 7 nitrogen and oxygen atoms in total. The Bertz CT molecular complexity index is 1240. The lowest BCUT2D eigenvalue weighted by atomic mass is 9.98. The first-order valence-electron chi connectivity index (χ1n) is 11.1. The fourth-order valence-electron chi connectivity index (χ4n) is 4.33. The van der Waals surface area contributed by atoms with Gasteiger partial charge >= 0.3 is 12.1 Å². The molecule has 3 aromatic rings. The lowest BCUT2D eigenvalue weighted by molar-refractivity contribution is -0.136. The fourth-order valence-corrected chi connectivity index (χ4v) is 4.33. The Hall–Kier alpha value is -4.57. The number of rotatable bonds is 8.